The van der Waals surface area contributed by atoms with Gasteiger partial charge in [0.2, 0.25) is 5.91 Å². The van der Waals surface area contributed by atoms with E-state index in [2.05, 4.69) is 39.7 Å². The average Bonchev–Trinajstić information content (AvgIpc) is 3.41. The minimum Gasteiger partial charge on any atom is -0.344 e. The number of hydrogen-bond acceptors (Lipinski definition) is 5. The predicted molar refractivity (Wildman–Crippen MR) is 105 cm³/mol. The summed E-state index contributed by atoms with van der Waals surface area (Å²) in [6.07, 6.45) is 7.10. The second kappa shape index (κ2) is 7.69. The van der Waals surface area contributed by atoms with Crippen molar-refractivity contribution in [1.82, 2.24) is 35.5 Å². The summed E-state index contributed by atoms with van der Waals surface area (Å²) < 4.78 is 1.65. The van der Waals surface area contributed by atoms with E-state index in [-0.39, 0.29) is 17.9 Å². The van der Waals surface area contributed by atoms with Crippen LogP contribution in [0.1, 0.15) is 64.2 Å². The van der Waals surface area contributed by atoms with Crippen LogP contribution in [0.3, 0.4) is 0 Å². The van der Waals surface area contributed by atoms with E-state index in [4.69, 9.17) is 4.98 Å². The second-order valence-electron chi connectivity index (χ2n) is 7.82. The molecule has 28 heavy (non-hydrogen) atoms. The average molecular weight is 381 g/mol. The van der Waals surface area contributed by atoms with Crippen LogP contribution < -0.4 is 5.32 Å². The van der Waals surface area contributed by atoms with E-state index in [0.29, 0.717) is 0 Å². The molecule has 1 fully saturated rings. The molecule has 2 N–H and O–H groups in total. The highest BCUT2D eigenvalue weighted by Crippen LogP contribution is 2.36. The first-order valence-corrected chi connectivity index (χ1v) is 10.1. The monoisotopic (exact) mass is 381 g/mol. The number of benzene rings is 1. The van der Waals surface area contributed by atoms with Gasteiger partial charge < -0.3 is 10.3 Å². The fraction of sp³-hybridized carbons (Fsp3) is 0.550. The van der Waals surface area contributed by atoms with Crippen molar-refractivity contribution in [2.75, 3.05) is 0 Å². The topological polar surface area (TPSA) is 101 Å². The molecule has 1 saturated carbocycles. The molecule has 1 amide bonds. The molecule has 3 aromatic rings. The molecular weight excluding hydrogens is 354 g/mol. The first-order valence-electron chi connectivity index (χ1n) is 10.1. The highest BCUT2D eigenvalue weighted by molar-refractivity contribution is 5.85. The van der Waals surface area contributed by atoms with E-state index in [0.717, 1.165) is 55.4 Å². The highest BCUT2D eigenvalue weighted by atomic mass is 16.2. The number of imidazole rings is 1. The number of fused-ring (bicyclic) bond motifs is 1. The third-order valence-corrected chi connectivity index (χ3v) is 6.09. The van der Waals surface area contributed by atoms with Crippen molar-refractivity contribution < 1.29 is 4.79 Å². The molecule has 0 unspecified atom stereocenters. The van der Waals surface area contributed by atoms with Gasteiger partial charge in [-0.15, -0.1) is 5.10 Å². The van der Waals surface area contributed by atoms with Gasteiger partial charge in [-0.3, -0.25) is 4.79 Å². The summed E-state index contributed by atoms with van der Waals surface area (Å²) in [6, 6.07) is 7.74. The number of nitrogens with zero attached hydrogens (tertiary/aromatic N) is 5. The first kappa shape index (κ1) is 18.6. The summed E-state index contributed by atoms with van der Waals surface area (Å²) in [7, 11) is 0. The van der Waals surface area contributed by atoms with Crippen LogP contribution in [0.5, 0.6) is 0 Å². The number of H-pyrrole nitrogens is 1. The van der Waals surface area contributed by atoms with Gasteiger partial charge in [-0.25, -0.2) is 9.67 Å². The van der Waals surface area contributed by atoms with E-state index in [1.165, 1.54) is 0 Å². The Bertz CT molecular complexity index is 894. The second-order valence-corrected chi connectivity index (χ2v) is 7.82. The van der Waals surface area contributed by atoms with Crippen molar-refractivity contribution in [1.29, 1.82) is 0 Å². The smallest absolute Gasteiger partial charge is 0.248 e. The van der Waals surface area contributed by atoms with Crippen LogP contribution >= 0.6 is 0 Å². The molecule has 4 rings (SSSR count). The Morgan fingerprint density at radius 3 is 2.75 bits per heavy atom. The van der Waals surface area contributed by atoms with E-state index < -0.39 is 5.54 Å². The summed E-state index contributed by atoms with van der Waals surface area (Å²) in [5, 5.41) is 14.9. The molecule has 0 saturated heterocycles. The molecule has 0 spiro atoms. The van der Waals surface area contributed by atoms with Crippen molar-refractivity contribution in [3.05, 3.63) is 36.4 Å². The molecule has 8 nitrogen and oxygen atoms in total. The lowest BCUT2D eigenvalue weighted by molar-refractivity contribution is -0.133. The lowest BCUT2D eigenvalue weighted by Gasteiger charge is -2.37. The van der Waals surface area contributed by atoms with Crippen LogP contribution in [0, 0.1) is 5.92 Å². The number of carbonyl (C=O) groups excluding carboxylic acids is 1. The molecule has 148 valence electrons. The maximum atomic E-state index is 13.6. The molecule has 1 aromatic carbocycles. The number of amides is 1. The Morgan fingerprint density at radius 1 is 1.29 bits per heavy atom. The molecule has 2 aromatic heterocycles. The number of hydrogen-bond donors (Lipinski definition) is 2. The summed E-state index contributed by atoms with van der Waals surface area (Å²) >= 11 is 0. The molecule has 0 bridgehead atoms. The third kappa shape index (κ3) is 3.27. The number of carbonyl (C=O) groups is 1. The standard InChI is InChI=1S/C20H27N7O/c1-3-14(2)17(18-22-15-9-5-6-10-16(15)23-18)24-19(28)20(11-7-4-8-12-20)27-13-21-25-26-27/h5-6,9-10,13-14,17H,3-4,7-8,11-12H2,1-2H3,(H,22,23)(H,24,28)/t14-,17-/m0/s1. The van der Waals surface area contributed by atoms with Gasteiger partial charge in [0.15, 0.2) is 0 Å². The maximum Gasteiger partial charge on any atom is 0.248 e. The summed E-state index contributed by atoms with van der Waals surface area (Å²) in [5.74, 6) is 1.01. The van der Waals surface area contributed by atoms with Gasteiger partial charge >= 0.3 is 0 Å². The van der Waals surface area contributed by atoms with Gasteiger partial charge in [0.05, 0.1) is 17.1 Å². The van der Waals surface area contributed by atoms with Crippen LogP contribution in [0.2, 0.25) is 0 Å². The van der Waals surface area contributed by atoms with Crippen LogP contribution in [-0.4, -0.2) is 36.1 Å². The molecule has 2 atom stereocenters. The molecule has 1 aliphatic rings. The van der Waals surface area contributed by atoms with Crippen LogP contribution in [0.25, 0.3) is 11.0 Å². The summed E-state index contributed by atoms with van der Waals surface area (Å²) in [4.78, 5) is 21.7. The zero-order valence-corrected chi connectivity index (χ0v) is 16.4. The zero-order chi connectivity index (χ0) is 19.6. The van der Waals surface area contributed by atoms with Crippen LogP contribution in [-0.2, 0) is 10.3 Å². The van der Waals surface area contributed by atoms with E-state index >= 15 is 0 Å². The molecule has 8 heteroatoms. The Balaban J connectivity index is 1.66. The Labute approximate surface area is 164 Å². The van der Waals surface area contributed by atoms with Gasteiger partial charge in [-0.2, -0.15) is 0 Å². The molecular formula is C20H27N7O. The lowest BCUT2D eigenvalue weighted by Crippen LogP contribution is -2.52. The van der Waals surface area contributed by atoms with Gasteiger partial charge in [0.1, 0.15) is 17.7 Å². The van der Waals surface area contributed by atoms with Gasteiger partial charge in [0, 0.05) is 0 Å². The van der Waals surface area contributed by atoms with Crippen LogP contribution in [0.15, 0.2) is 30.6 Å². The summed E-state index contributed by atoms with van der Waals surface area (Å²) in [5.41, 5.74) is 1.17. The fourth-order valence-electron chi connectivity index (χ4n) is 4.17. The fourth-order valence-corrected chi connectivity index (χ4v) is 4.17. The predicted octanol–water partition coefficient (Wildman–Crippen LogP) is 3.11. The number of nitrogens with one attached hydrogen (secondary N) is 2. The Hall–Kier alpha value is -2.77. The molecule has 0 aliphatic heterocycles. The van der Waals surface area contributed by atoms with Crippen molar-refractivity contribution in [2.24, 2.45) is 5.92 Å². The van der Waals surface area contributed by atoms with Crippen molar-refractivity contribution in [2.45, 2.75) is 64.0 Å². The van der Waals surface area contributed by atoms with E-state index in [1.807, 2.05) is 24.3 Å². The molecule has 1 aliphatic carbocycles. The van der Waals surface area contributed by atoms with E-state index in [1.54, 1.807) is 11.0 Å². The normalized spacial score (nSPS) is 18.6. The third-order valence-electron chi connectivity index (χ3n) is 6.09. The number of tetrazole rings is 1. The largest absolute Gasteiger partial charge is 0.344 e. The number of aromatic amines is 1. The van der Waals surface area contributed by atoms with Gasteiger partial charge in [-0.05, 0) is 41.3 Å². The number of para-hydroxylation sites is 2. The van der Waals surface area contributed by atoms with Crippen molar-refractivity contribution in [3.8, 4) is 0 Å². The highest BCUT2D eigenvalue weighted by Gasteiger charge is 2.44. The maximum absolute atomic E-state index is 13.6. The van der Waals surface area contributed by atoms with Gasteiger partial charge in [0.25, 0.3) is 0 Å². The quantitative estimate of drug-likeness (QED) is 0.683. The van der Waals surface area contributed by atoms with Crippen molar-refractivity contribution >= 4 is 16.9 Å². The number of aromatic nitrogens is 6. The SMILES string of the molecule is CC[C@H](C)[C@H](NC(=O)C1(n2cnnn2)CCCCC1)c1nc2ccccc2[nH]1. The van der Waals surface area contributed by atoms with Crippen LogP contribution in [0.4, 0.5) is 0 Å². The van der Waals surface area contributed by atoms with Crippen molar-refractivity contribution in [3.63, 3.8) is 0 Å². The Morgan fingerprint density at radius 2 is 2.07 bits per heavy atom. The minimum atomic E-state index is -0.723. The number of rotatable bonds is 6. The first-order chi connectivity index (χ1) is 13.6. The minimum absolute atomic E-state index is 0.0229. The summed E-state index contributed by atoms with van der Waals surface area (Å²) in [6.45, 7) is 4.27. The molecule has 0 radical (unpaired) electrons. The molecule has 2 heterocycles. The van der Waals surface area contributed by atoms with Gasteiger partial charge in [-0.1, -0.05) is 51.7 Å². The zero-order valence-electron chi connectivity index (χ0n) is 16.4. The Kier molecular flexibility index (Phi) is 5.11. The van der Waals surface area contributed by atoms with E-state index in [9.17, 15) is 4.79 Å². The lowest BCUT2D eigenvalue weighted by atomic mass is 9.80.